The normalized spacial score (nSPS) is 12.2. The molecule has 2 N–H and O–H groups in total. The maximum atomic E-state index is 11.2. The smallest absolute Gasteiger partial charge is 0.123 e. The Labute approximate surface area is 162 Å². The van der Waals surface area contributed by atoms with E-state index in [1.165, 1.54) is 11.1 Å². The van der Waals surface area contributed by atoms with Crippen LogP contribution in [0.3, 0.4) is 0 Å². The average Bonchev–Trinajstić information content (AvgIpc) is 2.62. The van der Waals surface area contributed by atoms with Crippen LogP contribution in [0.5, 0.6) is 11.5 Å². The number of hydrogen-bond acceptors (Lipinski definition) is 2. The van der Waals surface area contributed by atoms with Crippen molar-refractivity contribution in [3.63, 3.8) is 0 Å². The molecule has 2 heteroatoms. The molecule has 3 rings (SSSR count). The average molecular weight is 360 g/mol. The largest absolute Gasteiger partial charge is 0.508 e. The predicted molar refractivity (Wildman–Crippen MR) is 112 cm³/mol. The highest BCUT2D eigenvalue weighted by Crippen LogP contribution is 2.44. The molecule has 0 spiro atoms. The second-order valence-electron chi connectivity index (χ2n) is 8.36. The van der Waals surface area contributed by atoms with Gasteiger partial charge in [-0.25, -0.2) is 0 Å². The number of phenolic OH excluding ortho intramolecular Hbond substituents is 2. The molecular weight excluding hydrogens is 332 g/mol. The number of aryl methyl sites for hydroxylation is 1. The maximum absolute atomic E-state index is 11.2. The van der Waals surface area contributed by atoms with E-state index in [2.05, 4.69) is 58.9 Å². The molecule has 0 aliphatic carbocycles. The summed E-state index contributed by atoms with van der Waals surface area (Å²) in [7, 11) is 0. The second kappa shape index (κ2) is 6.77. The summed E-state index contributed by atoms with van der Waals surface area (Å²) in [5, 5.41) is 20.8. The first-order valence-electron chi connectivity index (χ1n) is 9.33. The third-order valence-corrected chi connectivity index (χ3v) is 5.74. The van der Waals surface area contributed by atoms with Crippen molar-refractivity contribution < 1.29 is 10.2 Å². The van der Waals surface area contributed by atoms with Crippen molar-refractivity contribution >= 4 is 0 Å². The van der Waals surface area contributed by atoms with Gasteiger partial charge in [-0.1, -0.05) is 87.9 Å². The van der Waals surface area contributed by atoms with E-state index in [1.807, 2.05) is 30.3 Å². The summed E-state index contributed by atoms with van der Waals surface area (Å²) in [6.07, 6.45) is 0. The fraction of sp³-hybridized carbons (Fsp3) is 0.280. The van der Waals surface area contributed by atoms with E-state index < -0.39 is 5.41 Å². The third-order valence-electron chi connectivity index (χ3n) is 5.74. The Morgan fingerprint density at radius 3 is 1.44 bits per heavy atom. The molecule has 0 saturated heterocycles. The van der Waals surface area contributed by atoms with Crippen LogP contribution >= 0.6 is 0 Å². The van der Waals surface area contributed by atoms with Crippen LogP contribution in [0, 0.1) is 6.92 Å². The van der Waals surface area contributed by atoms with Crippen LogP contribution in [0.4, 0.5) is 0 Å². The molecule has 0 unspecified atom stereocenters. The van der Waals surface area contributed by atoms with Gasteiger partial charge < -0.3 is 10.2 Å². The minimum absolute atomic E-state index is 0.244. The Bertz CT molecular complexity index is 857. The Balaban J connectivity index is 2.10. The van der Waals surface area contributed by atoms with Crippen LogP contribution in [-0.2, 0) is 10.8 Å². The molecular formula is C25H28O2. The highest BCUT2D eigenvalue weighted by Gasteiger charge is 2.32. The van der Waals surface area contributed by atoms with Gasteiger partial charge in [-0.2, -0.15) is 0 Å². The van der Waals surface area contributed by atoms with E-state index in [0.29, 0.717) is 5.75 Å². The Morgan fingerprint density at radius 2 is 1.00 bits per heavy atom. The number of rotatable bonds is 4. The van der Waals surface area contributed by atoms with Crippen molar-refractivity contribution in [1.29, 1.82) is 0 Å². The summed E-state index contributed by atoms with van der Waals surface area (Å²) in [5.41, 5.74) is 4.52. The summed E-state index contributed by atoms with van der Waals surface area (Å²) in [5.74, 6) is 0.578. The molecule has 140 valence electrons. The topological polar surface area (TPSA) is 40.5 Å². The van der Waals surface area contributed by atoms with Gasteiger partial charge in [-0.15, -0.1) is 0 Å². The zero-order chi connectivity index (χ0) is 19.8. The first-order valence-corrected chi connectivity index (χ1v) is 9.33. The lowest BCUT2D eigenvalue weighted by atomic mass is 9.72. The molecule has 0 amide bonds. The summed E-state index contributed by atoms with van der Waals surface area (Å²) in [6, 6.07) is 21.7. The van der Waals surface area contributed by atoms with Crippen LogP contribution in [0.15, 0.2) is 66.7 Å². The van der Waals surface area contributed by atoms with Gasteiger partial charge >= 0.3 is 0 Å². The first kappa shape index (κ1) is 19.0. The molecule has 3 aromatic rings. The van der Waals surface area contributed by atoms with E-state index >= 15 is 0 Å². The van der Waals surface area contributed by atoms with Gasteiger partial charge in [0.2, 0.25) is 0 Å². The lowest BCUT2D eigenvalue weighted by molar-refractivity contribution is 0.433. The number of hydrogen-bond donors (Lipinski definition) is 2. The van der Waals surface area contributed by atoms with Gasteiger partial charge in [-0.05, 0) is 30.2 Å². The zero-order valence-electron chi connectivity index (χ0n) is 16.7. The molecule has 0 aliphatic heterocycles. The monoisotopic (exact) mass is 360 g/mol. The number of aromatic hydroxyl groups is 2. The van der Waals surface area contributed by atoms with Crippen molar-refractivity contribution in [1.82, 2.24) is 0 Å². The lowest BCUT2D eigenvalue weighted by Gasteiger charge is -2.32. The minimum Gasteiger partial charge on any atom is -0.508 e. The van der Waals surface area contributed by atoms with Crippen molar-refractivity contribution in [3.8, 4) is 11.5 Å². The summed E-state index contributed by atoms with van der Waals surface area (Å²) >= 11 is 0. The molecule has 0 saturated carbocycles. The highest BCUT2D eigenvalue weighted by molar-refractivity contribution is 5.54. The molecule has 0 aromatic heterocycles. The van der Waals surface area contributed by atoms with Crippen LogP contribution < -0.4 is 0 Å². The van der Waals surface area contributed by atoms with E-state index in [9.17, 15) is 10.2 Å². The molecule has 27 heavy (non-hydrogen) atoms. The van der Waals surface area contributed by atoms with E-state index in [4.69, 9.17) is 0 Å². The summed E-state index contributed by atoms with van der Waals surface area (Å²) in [6.45, 7) is 10.6. The molecule has 0 heterocycles. The minimum atomic E-state index is -0.392. The molecule has 2 nitrogen and oxygen atoms in total. The van der Waals surface area contributed by atoms with Crippen molar-refractivity contribution in [2.75, 3.05) is 0 Å². The van der Waals surface area contributed by atoms with E-state index in [0.717, 1.165) is 16.7 Å². The van der Waals surface area contributed by atoms with Crippen LogP contribution in [0.25, 0.3) is 0 Å². The molecule has 3 aromatic carbocycles. The van der Waals surface area contributed by atoms with E-state index in [1.54, 1.807) is 12.1 Å². The predicted octanol–water partition coefficient (Wildman–Crippen LogP) is 6.06. The Morgan fingerprint density at radius 1 is 0.593 bits per heavy atom. The standard InChI is InChI=1S/C25H28O2/c1-17-9-11-18(12-10-17)24(2,3)21-7-6-8-22(23(21)27)25(4,5)19-13-15-20(26)16-14-19/h6-16,26-27H,1-5H3. The fourth-order valence-corrected chi connectivity index (χ4v) is 3.71. The van der Waals surface area contributed by atoms with Crippen molar-refractivity contribution in [2.24, 2.45) is 0 Å². The van der Waals surface area contributed by atoms with Crippen LogP contribution in [-0.4, -0.2) is 10.2 Å². The van der Waals surface area contributed by atoms with Gasteiger partial charge in [0.15, 0.2) is 0 Å². The number of phenols is 2. The number of para-hydroxylation sites is 1. The molecule has 0 bridgehead atoms. The van der Waals surface area contributed by atoms with Gasteiger partial charge in [0, 0.05) is 22.0 Å². The maximum Gasteiger partial charge on any atom is 0.123 e. The third kappa shape index (κ3) is 3.44. The van der Waals surface area contributed by atoms with Crippen molar-refractivity contribution in [3.05, 3.63) is 94.5 Å². The van der Waals surface area contributed by atoms with E-state index in [-0.39, 0.29) is 11.2 Å². The molecule has 0 aliphatic rings. The molecule has 0 atom stereocenters. The first-order chi connectivity index (χ1) is 12.6. The van der Waals surface area contributed by atoms with Crippen LogP contribution in [0.2, 0.25) is 0 Å². The summed E-state index contributed by atoms with van der Waals surface area (Å²) in [4.78, 5) is 0. The number of benzene rings is 3. The fourth-order valence-electron chi connectivity index (χ4n) is 3.71. The van der Waals surface area contributed by atoms with Gasteiger partial charge in [0.25, 0.3) is 0 Å². The molecule has 0 radical (unpaired) electrons. The van der Waals surface area contributed by atoms with Crippen molar-refractivity contribution in [2.45, 2.75) is 45.4 Å². The summed E-state index contributed by atoms with van der Waals surface area (Å²) < 4.78 is 0. The zero-order valence-corrected chi connectivity index (χ0v) is 16.7. The Hall–Kier alpha value is -2.74. The highest BCUT2D eigenvalue weighted by atomic mass is 16.3. The second-order valence-corrected chi connectivity index (χ2v) is 8.36. The quantitative estimate of drug-likeness (QED) is 0.594. The lowest BCUT2D eigenvalue weighted by Crippen LogP contribution is -2.23. The Kier molecular flexibility index (Phi) is 4.77. The van der Waals surface area contributed by atoms with Gasteiger partial charge in [0.05, 0.1) is 0 Å². The SMILES string of the molecule is Cc1ccc(C(C)(C)c2cccc(C(C)(C)c3ccc(O)cc3)c2O)cc1. The van der Waals surface area contributed by atoms with Gasteiger partial charge in [-0.3, -0.25) is 0 Å². The van der Waals surface area contributed by atoms with Gasteiger partial charge in [0.1, 0.15) is 11.5 Å². The molecule has 0 fully saturated rings. The van der Waals surface area contributed by atoms with Crippen LogP contribution in [0.1, 0.15) is 55.5 Å².